The van der Waals surface area contributed by atoms with Crippen LogP contribution in [0.4, 0.5) is 5.69 Å². The fraction of sp³-hybridized carbons (Fsp3) is 0.208. The van der Waals surface area contributed by atoms with Gasteiger partial charge in [0.1, 0.15) is 5.75 Å². The van der Waals surface area contributed by atoms with Crippen LogP contribution in [0, 0.1) is 0 Å². The van der Waals surface area contributed by atoms with Crippen molar-refractivity contribution in [3.63, 3.8) is 0 Å². The smallest absolute Gasteiger partial charge is 0.260 e. The lowest BCUT2D eigenvalue weighted by Crippen LogP contribution is -2.50. The molecule has 4 nitrogen and oxygen atoms in total. The van der Waals surface area contributed by atoms with Crippen LogP contribution in [0.5, 0.6) is 5.75 Å². The predicted molar refractivity (Wildman–Crippen MR) is 118 cm³/mol. The zero-order valence-corrected chi connectivity index (χ0v) is 16.9. The van der Waals surface area contributed by atoms with Crippen molar-refractivity contribution in [2.45, 2.75) is 0 Å². The molecule has 1 amide bonds. The quantitative estimate of drug-likeness (QED) is 0.613. The number of hydrogen-bond donors (Lipinski definition) is 0. The molecule has 3 aromatic carbocycles. The van der Waals surface area contributed by atoms with Gasteiger partial charge in [-0.15, -0.1) is 0 Å². The molecule has 1 saturated heterocycles. The third kappa shape index (κ3) is 4.90. The first-order chi connectivity index (χ1) is 14.2. The number of halogens is 1. The molecule has 1 aliphatic rings. The molecular formula is C24H23ClN2O2. The molecule has 0 radical (unpaired) electrons. The van der Waals surface area contributed by atoms with Gasteiger partial charge in [-0.05, 0) is 47.5 Å². The molecular weight excluding hydrogens is 384 g/mol. The minimum absolute atomic E-state index is 0.0212. The van der Waals surface area contributed by atoms with Crippen LogP contribution in [0.1, 0.15) is 0 Å². The average molecular weight is 407 g/mol. The Kier molecular flexibility index (Phi) is 6.01. The van der Waals surface area contributed by atoms with E-state index in [9.17, 15) is 4.79 Å². The van der Waals surface area contributed by atoms with E-state index in [0.29, 0.717) is 18.8 Å². The monoisotopic (exact) mass is 406 g/mol. The van der Waals surface area contributed by atoms with Gasteiger partial charge in [0.15, 0.2) is 6.61 Å². The molecule has 4 rings (SSSR count). The van der Waals surface area contributed by atoms with Crippen molar-refractivity contribution in [2.24, 2.45) is 0 Å². The summed E-state index contributed by atoms with van der Waals surface area (Å²) in [6, 6.07) is 25.9. The molecule has 0 atom stereocenters. The summed E-state index contributed by atoms with van der Waals surface area (Å²) < 4.78 is 5.72. The van der Waals surface area contributed by atoms with Crippen molar-refractivity contribution in [1.29, 1.82) is 0 Å². The summed E-state index contributed by atoms with van der Waals surface area (Å²) in [6.07, 6.45) is 0. The molecule has 0 saturated carbocycles. The van der Waals surface area contributed by atoms with E-state index >= 15 is 0 Å². The van der Waals surface area contributed by atoms with Crippen molar-refractivity contribution >= 4 is 23.2 Å². The van der Waals surface area contributed by atoms with Gasteiger partial charge in [0.25, 0.3) is 5.91 Å². The van der Waals surface area contributed by atoms with E-state index in [-0.39, 0.29) is 12.5 Å². The Balaban J connectivity index is 1.26. The SMILES string of the molecule is O=C(COc1ccc(-c2ccccc2)cc1)N1CCN(c2ccc(Cl)cc2)CC1. The van der Waals surface area contributed by atoms with Crippen LogP contribution in [-0.4, -0.2) is 43.6 Å². The summed E-state index contributed by atoms with van der Waals surface area (Å²) in [7, 11) is 0. The van der Waals surface area contributed by atoms with E-state index in [1.54, 1.807) is 0 Å². The van der Waals surface area contributed by atoms with Gasteiger partial charge in [0.05, 0.1) is 0 Å². The van der Waals surface area contributed by atoms with Gasteiger partial charge in [-0.25, -0.2) is 0 Å². The molecule has 0 unspecified atom stereocenters. The first kappa shape index (κ1) is 19.3. The van der Waals surface area contributed by atoms with Gasteiger partial charge in [-0.2, -0.15) is 0 Å². The van der Waals surface area contributed by atoms with Gasteiger partial charge >= 0.3 is 0 Å². The Morgan fingerprint density at radius 2 is 1.41 bits per heavy atom. The van der Waals surface area contributed by atoms with Crippen molar-refractivity contribution < 1.29 is 9.53 Å². The normalized spacial score (nSPS) is 14.0. The van der Waals surface area contributed by atoms with Gasteiger partial charge in [-0.3, -0.25) is 4.79 Å². The number of hydrogen-bond acceptors (Lipinski definition) is 3. The van der Waals surface area contributed by atoms with Crippen LogP contribution in [0.15, 0.2) is 78.9 Å². The largest absolute Gasteiger partial charge is 0.484 e. The summed E-state index contributed by atoms with van der Waals surface area (Å²) in [5.74, 6) is 0.728. The topological polar surface area (TPSA) is 32.8 Å². The number of anilines is 1. The van der Waals surface area contributed by atoms with E-state index in [1.165, 1.54) is 0 Å². The summed E-state index contributed by atoms with van der Waals surface area (Å²) in [5, 5.41) is 0.733. The van der Waals surface area contributed by atoms with Crippen molar-refractivity contribution in [1.82, 2.24) is 4.90 Å². The molecule has 0 spiro atoms. The van der Waals surface area contributed by atoms with Crippen molar-refractivity contribution in [3.8, 4) is 16.9 Å². The minimum Gasteiger partial charge on any atom is -0.484 e. The zero-order chi connectivity index (χ0) is 20.1. The van der Waals surface area contributed by atoms with E-state index in [0.717, 1.165) is 34.9 Å². The Labute approximate surface area is 176 Å². The molecule has 0 N–H and O–H groups in total. The third-order valence-corrected chi connectivity index (χ3v) is 5.40. The number of nitrogens with zero attached hydrogens (tertiary/aromatic N) is 2. The van der Waals surface area contributed by atoms with Crippen LogP contribution < -0.4 is 9.64 Å². The zero-order valence-electron chi connectivity index (χ0n) is 16.1. The highest BCUT2D eigenvalue weighted by atomic mass is 35.5. The Hall–Kier alpha value is -2.98. The fourth-order valence-corrected chi connectivity index (χ4v) is 3.60. The molecule has 1 fully saturated rings. The number of carbonyl (C=O) groups excluding carboxylic acids is 1. The first-order valence-electron chi connectivity index (χ1n) is 9.76. The molecule has 1 heterocycles. The summed E-state index contributed by atoms with van der Waals surface area (Å²) in [4.78, 5) is 16.6. The molecule has 1 aliphatic heterocycles. The lowest BCUT2D eigenvalue weighted by Gasteiger charge is -2.36. The fourth-order valence-electron chi connectivity index (χ4n) is 3.48. The van der Waals surface area contributed by atoms with Crippen molar-refractivity contribution in [3.05, 3.63) is 83.9 Å². The number of amides is 1. The highest BCUT2D eigenvalue weighted by molar-refractivity contribution is 6.30. The minimum atomic E-state index is 0.0212. The third-order valence-electron chi connectivity index (χ3n) is 5.15. The maximum atomic E-state index is 12.5. The van der Waals surface area contributed by atoms with Gasteiger partial charge in [0.2, 0.25) is 0 Å². The predicted octanol–water partition coefficient (Wildman–Crippen LogP) is 4.73. The van der Waals surface area contributed by atoms with Gasteiger partial charge in [-0.1, -0.05) is 54.1 Å². The number of ether oxygens (including phenoxy) is 1. The van der Waals surface area contributed by atoms with Crippen LogP contribution in [-0.2, 0) is 4.79 Å². The van der Waals surface area contributed by atoms with Crippen LogP contribution >= 0.6 is 11.6 Å². The maximum absolute atomic E-state index is 12.5. The van der Waals surface area contributed by atoms with E-state index in [4.69, 9.17) is 16.3 Å². The summed E-state index contributed by atoms with van der Waals surface area (Å²) in [5.41, 5.74) is 3.42. The van der Waals surface area contributed by atoms with E-state index in [2.05, 4.69) is 17.0 Å². The molecule has 0 aliphatic carbocycles. The molecule has 29 heavy (non-hydrogen) atoms. The highest BCUT2D eigenvalue weighted by Crippen LogP contribution is 2.22. The number of benzene rings is 3. The van der Waals surface area contributed by atoms with Crippen LogP contribution in [0.3, 0.4) is 0 Å². The maximum Gasteiger partial charge on any atom is 0.260 e. The Bertz CT molecular complexity index is 935. The second kappa shape index (κ2) is 9.01. The molecule has 5 heteroatoms. The summed E-state index contributed by atoms with van der Waals surface area (Å²) >= 11 is 5.96. The Morgan fingerprint density at radius 3 is 2.07 bits per heavy atom. The first-order valence-corrected chi connectivity index (χ1v) is 10.1. The van der Waals surface area contributed by atoms with Crippen LogP contribution in [0.25, 0.3) is 11.1 Å². The number of rotatable bonds is 5. The van der Waals surface area contributed by atoms with Crippen molar-refractivity contribution in [2.75, 3.05) is 37.7 Å². The molecule has 0 aromatic heterocycles. The molecule has 3 aromatic rings. The molecule has 0 bridgehead atoms. The average Bonchev–Trinajstić information content (AvgIpc) is 2.79. The van der Waals surface area contributed by atoms with E-state index < -0.39 is 0 Å². The number of carbonyl (C=O) groups is 1. The van der Waals surface area contributed by atoms with Gasteiger partial charge < -0.3 is 14.5 Å². The lowest BCUT2D eigenvalue weighted by atomic mass is 10.1. The van der Waals surface area contributed by atoms with Gasteiger partial charge in [0, 0.05) is 36.9 Å². The second-order valence-corrected chi connectivity index (χ2v) is 7.46. The molecule has 148 valence electrons. The number of piperazine rings is 1. The summed E-state index contributed by atoms with van der Waals surface area (Å²) in [6.45, 7) is 3.06. The van der Waals surface area contributed by atoms with E-state index in [1.807, 2.05) is 71.6 Å². The standard InChI is InChI=1S/C24H23ClN2O2/c25-21-8-10-22(11-9-21)26-14-16-27(17-15-26)24(28)18-29-23-12-6-20(7-13-23)19-4-2-1-3-5-19/h1-13H,14-18H2. The lowest BCUT2D eigenvalue weighted by molar-refractivity contribution is -0.133. The highest BCUT2D eigenvalue weighted by Gasteiger charge is 2.21. The Morgan fingerprint density at radius 1 is 0.793 bits per heavy atom. The van der Waals surface area contributed by atoms with Crippen LogP contribution in [0.2, 0.25) is 5.02 Å². The second-order valence-electron chi connectivity index (χ2n) is 7.02.